The van der Waals surface area contributed by atoms with Crippen molar-refractivity contribution in [3.05, 3.63) is 236 Å². The van der Waals surface area contributed by atoms with E-state index in [0.717, 1.165) is 55.7 Å². The molecule has 0 aliphatic rings. The van der Waals surface area contributed by atoms with Crippen LogP contribution in [0.2, 0.25) is 0 Å². The molecular weight excluding hydrogens is 655 g/mol. The molecule has 0 bridgehead atoms. The third-order valence-corrected chi connectivity index (χ3v) is 9.37. The average Bonchev–Trinajstić information content (AvgIpc) is 3.24. The maximum absolute atomic E-state index is 8.98. The van der Waals surface area contributed by atoms with Gasteiger partial charge in [-0.25, -0.2) is 4.99 Å². The van der Waals surface area contributed by atoms with Gasteiger partial charge in [0.05, 0.1) is 5.71 Å². The van der Waals surface area contributed by atoms with Gasteiger partial charge in [-0.15, -0.1) is 0 Å². The molecule has 258 valence electrons. The Morgan fingerprint density at radius 1 is 0.537 bits per heavy atom. The van der Waals surface area contributed by atoms with Crippen LogP contribution >= 0.6 is 0 Å². The van der Waals surface area contributed by atoms with Crippen molar-refractivity contribution >= 4 is 34.0 Å². The quantitative estimate of drug-likeness (QED) is 0.0818. The normalized spacial score (nSPS) is 11.6. The fourth-order valence-corrected chi connectivity index (χ4v) is 6.35. The van der Waals surface area contributed by atoms with E-state index in [9.17, 15) is 0 Å². The molecule has 0 amide bonds. The molecule has 1 N–H and O–H groups in total. The van der Waals surface area contributed by atoms with E-state index in [-0.39, 0.29) is 5.84 Å². The Balaban J connectivity index is 1.15. The summed E-state index contributed by atoms with van der Waals surface area (Å²) in [5, 5.41) is 11.4. The van der Waals surface area contributed by atoms with Gasteiger partial charge in [-0.2, -0.15) is 0 Å². The van der Waals surface area contributed by atoms with Crippen molar-refractivity contribution in [1.82, 2.24) is 4.98 Å². The standard InChI is InChI=1S/C51H39N3/c1-36(38(3)46-18-9-10-19-47(46)41-13-5-4-6-14-41)22-23-37(2)51(52)54-50(33-26-39-24-27-40(28-25-39)45-17-12-34-53-35-45)44-31-29-43(30-32-44)49-21-11-16-42-15-7-8-20-48(42)49/h4-35,52H,1-3H2/b23-22-,33-26+,52-51?,54-50?. The lowest BCUT2D eigenvalue weighted by atomic mass is 9.92. The van der Waals surface area contributed by atoms with Crippen molar-refractivity contribution in [2.24, 2.45) is 4.99 Å². The summed E-state index contributed by atoms with van der Waals surface area (Å²) in [4.78, 5) is 9.06. The molecule has 7 rings (SSSR count). The molecule has 0 radical (unpaired) electrons. The average molecular weight is 694 g/mol. The predicted octanol–water partition coefficient (Wildman–Crippen LogP) is 13.1. The first-order valence-electron chi connectivity index (χ1n) is 17.8. The molecule has 3 heteroatoms. The van der Waals surface area contributed by atoms with Crippen LogP contribution in [0.3, 0.4) is 0 Å². The second-order valence-corrected chi connectivity index (χ2v) is 12.9. The Bertz CT molecular complexity index is 2570. The van der Waals surface area contributed by atoms with Gasteiger partial charge in [0, 0.05) is 23.5 Å². The van der Waals surface area contributed by atoms with Crippen LogP contribution in [0.4, 0.5) is 0 Å². The topological polar surface area (TPSA) is 49.1 Å². The number of nitrogens with one attached hydrogen (secondary N) is 1. The van der Waals surface area contributed by atoms with Crippen LogP contribution < -0.4 is 0 Å². The van der Waals surface area contributed by atoms with Gasteiger partial charge >= 0.3 is 0 Å². The highest BCUT2D eigenvalue weighted by Gasteiger charge is 2.11. The number of hydrogen-bond donors (Lipinski definition) is 1. The van der Waals surface area contributed by atoms with Gasteiger partial charge in [0.2, 0.25) is 0 Å². The first-order chi connectivity index (χ1) is 26.4. The maximum atomic E-state index is 8.98. The monoisotopic (exact) mass is 693 g/mol. The number of fused-ring (bicyclic) bond motifs is 1. The molecule has 0 aliphatic carbocycles. The number of pyridine rings is 1. The first-order valence-corrected chi connectivity index (χ1v) is 17.8. The molecule has 0 aliphatic heterocycles. The molecule has 54 heavy (non-hydrogen) atoms. The van der Waals surface area contributed by atoms with Gasteiger partial charge in [-0.1, -0.05) is 190 Å². The molecule has 0 unspecified atom stereocenters. The number of aromatic nitrogens is 1. The summed E-state index contributed by atoms with van der Waals surface area (Å²) in [5.74, 6) is 0.0547. The van der Waals surface area contributed by atoms with Gasteiger partial charge in [-0.05, 0) is 78.6 Å². The smallest absolute Gasteiger partial charge is 0.151 e. The van der Waals surface area contributed by atoms with E-state index >= 15 is 0 Å². The number of rotatable bonds is 11. The Morgan fingerprint density at radius 2 is 1.17 bits per heavy atom. The van der Waals surface area contributed by atoms with E-state index in [1.54, 1.807) is 12.3 Å². The highest BCUT2D eigenvalue weighted by atomic mass is 14.8. The predicted molar refractivity (Wildman–Crippen MR) is 231 cm³/mol. The highest BCUT2D eigenvalue weighted by molar-refractivity contribution is 6.18. The molecule has 3 nitrogen and oxygen atoms in total. The zero-order chi connectivity index (χ0) is 37.3. The van der Waals surface area contributed by atoms with Crippen LogP contribution in [0.5, 0.6) is 0 Å². The number of aliphatic imine (C=N–C) groups is 1. The Kier molecular flexibility index (Phi) is 10.7. The molecule has 0 fully saturated rings. The second-order valence-electron chi connectivity index (χ2n) is 12.9. The number of amidine groups is 1. The minimum atomic E-state index is 0.0547. The van der Waals surface area contributed by atoms with Crippen molar-refractivity contribution in [1.29, 1.82) is 5.41 Å². The molecule has 0 atom stereocenters. The van der Waals surface area contributed by atoms with Crippen molar-refractivity contribution in [3.8, 4) is 33.4 Å². The number of allylic oxidation sites excluding steroid dienone is 4. The zero-order valence-electron chi connectivity index (χ0n) is 30.0. The van der Waals surface area contributed by atoms with E-state index < -0.39 is 0 Å². The third kappa shape index (κ3) is 8.12. The Hall–Kier alpha value is -7.23. The number of benzene rings is 6. The van der Waals surface area contributed by atoms with Crippen LogP contribution in [0, 0.1) is 5.41 Å². The fourth-order valence-electron chi connectivity index (χ4n) is 6.35. The fraction of sp³-hybridized carbons (Fsp3) is 0. The number of nitrogens with zero attached hydrogens (tertiary/aromatic N) is 2. The maximum Gasteiger partial charge on any atom is 0.151 e. The van der Waals surface area contributed by atoms with E-state index in [1.807, 2.05) is 66.9 Å². The molecule has 1 heterocycles. The largest absolute Gasteiger partial charge is 0.282 e. The van der Waals surface area contributed by atoms with Crippen LogP contribution in [-0.4, -0.2) is 16.5 Å². The van der Waals surface area contributed by atoms with Crippen LogP contribution in [0.15, 0.2) is 224 Å². The van der Waals surface area contributed by atoms with Gasteiger partial charge in [0.1, 0.15) is 0 Å². The molecule has 6 aromatic carbocycles. The molecule has 0 saturated carbocycles. The summed E-state index contributed by atoms with van der Waals surface area (Å²) in [6.07, 6.45) is 11.3. The second kappa shape index (κ2) is 16.4. The van der Waals surface area contributed by atoms with Gasteiger partial charge < -0.3 is 0 Å². The van der Waals surface area contributed by atoms with E-state index in [1.165, 1.54) is 16.3 Å². The SMILES string of the molecule is C=C(/C=C\C(=C)C(=N)N=C(/C=C/c1ccc(-c2cccnc2)cc1)c1ccc(-c2cccc3ccccc23)cc1)C(=C)c1ccccc1-c1ccccc1. The van der Waals surface area contributed by atoms with E-state index in [0.29, 0.717) is 11.3 Å². The summed E-state index contributed by atoms with van der Waals surface area (Å²) in [5.41, 5.74) is 12.2. The van der Waals surface area contributed by atoms with Crippen molar-refractivity contribution in [2.75, 3.05) is 0 Å². The lowest BCUT2D eigenvalue weighted by Gasteiger charge is -2.13. The van der Waals surface area contributed by atoms with Crippen molar-refractivity contribution in [2.45, 2.75) is 0 Å². The minimum Gasteiger partial charge on any atom is -0.282 e. The summed E-state index contributed by atoms with van der Waals surface area (Å²) >= 11 is 0. The summed E-state index contributed by atoms with van der Waals surface area (Å²) in [6, 6.07) is 53.9. The van der Waals surface area contributed by atoms with Crippen molar-refractivity contribution in [3.63, 3.8) is 0 Å². The first kappa shape index (κ1) is 35.2. The summed E-state index contributed by atoms with van der Waals surface area (Å²) in [7, 11) is 0. The third-order valence-electron chi connectivity index (χ3n) is 9.37. The van der Waals surface area contributed by atoms with Gasteiger partial charge in [0.25, 0.3) is 0 Å². The minimum absolute atomic E-state index is 0.0547. The molecular formula is C51H39N3. The van der Waals surface area contributed by atoms with Gasteiger partial charge in [0.15, 0.2) is 5.84 Å². The van der Waals surface area contributed by atoms with Gasteiger partial charge in [-0.3, -0.25) is 10.4 Å². The Morgan fingerprint density at radius 3 is 1.94 bits per heavy atom. The van der Waals surface area contributed by atoms with E-state index in [2.05, 4.69) is 140 Å². The molecule has 0 saturated heterocycles. The van der Waals surface area contributed by atoms with Crippen LogP contribution in [0.1, 0.15) is 16.7 Å². The van der Waals surface area contributed by atoms with Crippen LogP contribution in [0.25, 0.3) is 55.8 Å². The van der Waals surface area contributed by atoms with Crippen molar-refractivity contribution < 1.29 is 0 Å². The molecule has 1 aromatic heterocycles. The summed E-state index contributed by atoms with van der Waals surface area (Å²) in [6.45, 7) is 12.9. The molecule has 7 aromatic rings. The number of hydrogen-bond acceptors (Lipinski definition) is 2. The zero-order valence-corrected chi connectivity index (χ0v) is 30.0. The summed E-state index contributed by atoms with van der Waals surface area (Å²) < 4.78 is 0. The highest BCUT2D eigenvalue weighted by Crippen LogP contribution is 2.32. The lowest BCUT2D eigenvalue weighted by molar-refractivity contribution is 1.33. The van der Waals surface area contributed by atoms with E-state index in [4.69, 9.17) is 10.4 Å². The van der Waals surface area contributed by atoms with Crippen LogP contribution in [-0.2, 0) is 0 Å². The molecule has 0 spiro atoms. The Labute approximate surface area is 317 Å². The lowest BCUT2D eigenvalue weighted by Crippen LogP contribution is -2.03.